The van der Waals surface area contributed by atoms with Crippen LogP contribution in [0.15, 0.2) is 88.3 Å². The molecule has 8 nitrogen and oxygen atoms in total. The van der Waals surface area contributed by atoms with Gasteiger partial charge in [-0.15, -0.1) is 0 Å². The summed E-state index contributed by atoms with van der Waals surface area (Å²) in [5.41, 5.74) is 1.75. The zero-order valence-electron chi connectivity index (χ0n) is 22.7. The number of fused-ring (bicyclic) bond motifs is 1. The van der Waals surface area contributed by atoms with Crippen molar-refractivity contribution >= 4 is 28.6 Å². The minimum Gasteiger partial charge on any atom is -0.497 e. The van der Waals surface area contributed by atoms with E-state index in [9.17, 15) is 18.8 Å². The van der Waals surface area contributed by atoms with Crippen LogP contribution >= 0.6 is 0 Å². The highest BCUT2D eigenvalue weighted by molar-refractivity contribution is 5.92. The van der Waals surface area contributed by atoms with Gasteiger partial charge < -0.3 is 24.3 Å². The summed E-state index contributed by atoms with van der Waals surface area (Å²) in [6, 6.07) is 19.1. The average molecular weight is 546 g/mol. The molecule has 208 valence electrons. The Morgan fingerprint density at radius 1 is 0.950 bits per heavy atom. The Kier molecular flexibility index (Phi) is 9.16. The predicted molar refractivity (Wildman–Crippen MR) is 152 cm³/mol. The number of benzene rings is 3. The van der Waals surface area contributed by atoms with Gasteiger partial charge in [0, 0.05) is 18.8 Å². The van der Waals surface area contributed by atoms with Crippen molar-refractivity contribution in [3.8, 4) is 5.75 Å². The van der Waals surface area contributed by atoms with Gasteiger partial charge in [0.1, 0.15) is 23.7 Å². The maximum Gasteiger partial charge on any atom is 0.322 e. The molecule has 9 heteroatoms. The van der Waals surface area contributed by atoms with Crippen LogP contribution in [0.25, 0.3) is 11.0 Å². The number of para-hydroxylation sites is 1. The first-order chi connectivity index (χ1) is 19.2. The molecular weight excluding hydrogens is 513 g/mol. The highest BCUT2D eigenvalue weighted by Gasteiger charge is 2.24. The molecule has 0 aliphatic heterocycles. The number of rotatable bonds is 10. The molecule has 3 aromatic carbocycles. The number of anilines is 1. The largest absolute Gasteiger partial charge is 0.497 e. The van der Waals surface area contributed by atoms with Gasteiger partial charge in [0.2, 0.25) is 5.91 Å². The molecule has 1 heterocycles. The summed E-state index contributed by atoms with van der Waals surface area (Å²) >= 11 is 0. The van der Waals surface area contributed by atoms with Gasteiger partial charge in [0.15, 0.2) is 5.43 Å². The lowest BCUT2D eigenvalue weighted by Gasteiger charge is -2.29. The third kappa shape index (κ3) is 7.25. The number of amides is 3. The van der Waals surface area contributed by atoms with Crippen LogP contribution in [0.4, 0.5) is 14.9 Å². The van der Waals surface area contributed by atoms with E-state index in [-0.39, 0.29) is 36.9 Å². The van der Waals surface area contributed by atoms with E-state index in [0.29, 0.717) is 40.1 Å². The predicted octanol–water partition coefficient (Wildman–Crippen LogP) is 5.66. The Hall–Kier alpha value is -4.66. The van der Waals surface area contributed by atoms with Crippen molar-refractivity contribution in [3.63, 3.8) is 0 Å². The van der Waals surface area contributed by atoms with Crippen molar-refractivity contribution in [2.24, 2.45) is 5.92 Å². The second-order valence-electron chi connectivity index (χ2n) is 9.90. The standard InChI is InChI=1S/C31H32FN3O5/c1-21(2)16-35(31(38)33-25-12-14-26(39-3)15-13-25)19-29(36)34(17-22-8-10-24(32)11-9-22)18-23-20-40-28-7-5-4-6-27(28)30(23)37/h4-15,20-21H,16-19H2,1-3H3,(H,33,38). The van der Waals surface area contributed by atoms with Gasteiger partial charge in [-0.3, -0.25) is 9.59 Å². The SMILES string of the molecule is COc1ccc(NC(=O)N(CC(=O)N(Cc2ccc(F)cc2)Cc2coc3ccccc3c2=O)CC(C)C)cc1. The van der Waals surface area contributed by atoms with Crippen LogP contribution < -0.4 is 15.5 Å². The molecule has 0 atom stereocenters. The van der Waals surface area contributed by atoms with E-state index in [1.54, 1.807) is 67.8 Å². The Bertz CT molecular complexity index is 1520. The molecule has 1 N–H and O–H groups in total. The highest BCUT2D eigenvalue weighted by Crippen LogP contribution is 2.17. The Labute approximate surface area is 232 Å². The lowest BCUT2D eigenvalue weighted by atomic mass is 10.1. The molecule has 4 aromatic rings. The maximum atomic E-state index is 13.7. The molecule has 0 aliphatic rings. The van der Waals surface area contributed by atoms with Gasteiger partial charge in [-0.2, -0.15) is 0 Å². The fourth-order valence-corrected chi connectivity index (χ4v) is 4.28. The van der Waals surface area contributed by atoms with Crippen LogP contribution in [-0.2, 0) is 17.9 Å². The molecule has 0 saturated carbocycles. The fraction of sp³-hybridized carbons (Fsp3) is 0.258. The number of carbonyl (C=O) groups is 2. The average Bonchev–Trinajstić information content (AvgIpc) is 2.95. The van der Waals surface area contributed by atoms with E-state index >= 15 is 0 Å². The lowest BCUT2D eigenvalue weighted by molar-refractivity contribution is -0.133. The minimum atomic E-state index is -0.431. The van der Waals surface area contributed by atoms with Gasteiger partial charge in [-0.05, 0) is 60.0 Å². The number of urea groups is 1. The normalized spacial score (nSPS) is 10.9. The molecule has 0 spiro atoms. The lowest BCUT2D eigenvalue weighted by Crippen LogP contribution is -2.45. The molecule has 0 bridgehead atoms. The van der Waals surface area contributed by atoms with E-state index < -0.39 is 11.8 Å². The Morgan fingerprint density at radius 3 is 2.33 bits per heavy atom. The van der Waals surface area contributed by atoms with Gasteiger partial charge in [0.05, 0.1) is 30.9 Å². The zero-order valence-corrected chi connectivity index (χ0v) is 22.7. The number of hydrogen-bond donors (Lipinski definition) is 1. The summed E-state index contributed by atoms with van der Waals surface area (Å²) in [6.07, 6.45) is 1.36. The minimum absolute atomic E-state index is 0.0427. The van der Waals surface area contributed by atoms with Crippen LogP contribution in [-0.4, -0.2) is 41.9 Å². The van der Waals surface area contributed by atoms with Gasteiger partial charge in [-0.25, -0.2) is 9.18 Å². The maximum absolute atomic E-state index is 13.7. The zero-order chi connectivity index (χ0) is 28.6. The summed E-state index contributed by atoms with van der Waals surface area (Å²) in [7, 11) is 1.56. The Balaban J connectivity index is 1.58. The molecule has 3 amide bonds. The smallest absolute Gasteiger partial charge is 0.322 e. The van der Waals surface area contributed by atoms with Gasteiger partial charge >= 0.3 is 6.03 Å². The van der Waals surface area contributed by atoms with Crippen LogP contribution in [0.3, 0.4) is 0 Å². The van der Waals surface area contributed by atoms with Crippen molar-refractivity contribution in [2.75, 3.05) is 25.5 Å². The topological polar surface area (TPSA) is 92.1 Å². The monoisotopic (exact) mass is 545 g/mol. The number of hydrogen-bond acceptors (Lipinski definition) is 5. The summed E-state index contributed by atoms with van der Waals surface area (Å²) in [5, 5.41) is 3.24. The van der Waals surface area contributed by atoms with Crippen molar-refractivity contribution in [2.45, 2.75) is 26.9 Å². The van der Waals surface area contributed by atoms with Crippen molar-refractivity contribution in [1.29, 1.82) is 0 Å². The second kappa shape index (κ2) is 12.9. The molecule has 0 fully saturated rings. The third-order valence-electron chi connectivity index (χ3n) is 6.29. The number of carbonyl (C=O) groups excluding carboxylic acids is 2. The molecule has 1 aromatic heterocycles. The van der Waals surface area contributed by atoms with E-state index in [0.717, 1.165) is 0 Å². The number of nitrogens with one attached hydrogen (secondary N) is 1. The molecule has 0 saturated heterocycles. The molecule has 40 heavy (non-hydrogen) atoms. The fourth-order valence-electron chi connectivity index (χ4n) is 4.28. The quantitative estimate of drug-likeness (QED) is 0.278. The van der Waals surface area contributed by atoms with Crippen LogP contribution in [0.5, 0.6) is 5.75 Å². The first-order valence-corrected chi connectivity index (χ1v) is 12.9. The van der Waals surface area contributed by atoms with E-state index in [1.165, 1.54) is 28.2 Å². The van der Waals surface area contributed by atoms with E-state index in [4.69, 9.17) is 9.15 Å². The first-order valence-electron chi connectivity index (χ1n) is 12.9. The molecule has 4 rings (SSSR count). The third-order valence-corrected chi connectivity index (χ3v) is 6.29. The van der Waals surface area contributed by atoms with Gasteiger partial charge in [0.25, 0.3) is 0 Å². The molecule has 0 radical (unpaired) electrons. The summed E-state index contributed by atoms with van der Waals surface area (Å²) in [5.74, 6) is -0.0214. The molecule has 0 aliphatic carbocycles. The summed E-state index contributed by atoms with van der Waals surface area (Å²) in [6.45, 7) is 4.08. The highest BCUT2D eigenvalue weighted by atomic mass is 19.1. The number of ether oxygens (including phenoxy) is 1. The van der Waals surface area contributed by atoms with E-state index in [2.05, 4.69) is 5.32 Å². The van der Waals surface area contributed by atoms with Crippen LogP contribution in [0.1, 0.15) is 25.0 Å². The number of halogens is 1. The molecule has 0 unspecified atom stereocenters. The van der Waals surface area contributed by atoms with Crippen molar-refractivity contribution in [3.05, 3.63) is 106 Å². The Morgan fingerprint density at radius 2 is 1.65 bits per heavy atom. The summed E-state index contributed by atoms with van der Waals surface area (Å²) < 4.78 is 24.4. The van der Waals surface area contributed by atoms with Crippen LogP contribution in [0, 0.1) is 11.7 Å². The van der Waals surface area contributed by atoms with Gasteiger partial charge in [-0.1, -0.05) is 38.1 Å². The van der Waals surface area contributed by atoms with Crippen molar-refractivity contribution < 1.29 is 23.1 Å². The van der Waals surface area contributed by atoms with Crippen LogP contribution in [0.2, 0.25) is 0 Å². The summed E-state index contributed by atoms with van der Waals surface area (Å²) in [4.78, 5) is 43.0. The van der Waals surface area contributed by atoms with E-state index in [1.807, 2.05) is 13.8 Å². The van der Waals surface area contributed by atoms with Crippen molar-refractivity contribution in [1.82, 2.24) is 9.80 Å². The molecular formula is C31H32FN3O5. The number of methoxy groups -OCH3 is 1. The second-order valence-corrected chi connectivity index (χ2v) is 9.90. The first kappa shape index (κ1) is 28.4. The number of nitrogens with zero attached hydrogens (tertiary/aromatic N) is 2.